The van der Waals surface area contributed by atoms with E-state index in [0.717, 1.165) is 5.92 Å². The van der Waals surface area contributed by atoms with E-state index in [2.05, 4.69) is 6.07 Å². The van der Waals surface area contributed by atoms with Gasteiger partial charge in [-0.25, -0.2) is 0 Å². The van der Waals surface area contributed by atoms with Crippen molar-refractivity contribution >= 4 is 11.8 Å². The lowest BCUT2D eigenvalue weighted by molar-refractivity contribution is 0.238. The highest BCUT2D eigenvalue weighted by Gasteiger charge is 2.32. The molecule has 1 aliphatic carbocycles. The lowest BCUT2D eigenvalue weighted by Gasteiger charge is -2.29. The molecule has 1 saturated heterocycles. The first-order valence-corrected chi connectivity index (χ1v) is 7.04. The first-order chi connectivity index (χ1) is 6.92. The zero-order valence-corrected chi connectivity index (χ0v) is 9.56. The van der Waals surface area contributed by atoms with E-state index in [1.165, 1.54) is 50.0 Å². The lowest BCUT2D eigenvalue weighted by atomic mass is 9.74. The average molecular weight is 209 g/mol. The van der Waals surface area contributed by atoms with Gasteiger partial charge in [0.1, 0.15) is 0 Å². The minimum Gasteiger partial charge on any atom is -0.198 e. The van der Waals surface area contributed by atoms with E-state index in [0.29, 0.717) is 11.8 Å². The predicted octanol–water partition coefficient (Wildman–Crippen LogP) is 3.46. The van der Waals surface area contributed by atoms with Crippen molar-refractivity contribution in [3.8, 4) is 6.07 Å². The van der Waals surface area contributed by atoms with Crippen LogP contribution in [0.1, 0.15) is 38.5 Å². The van der Waals surface area contributed by atoms with Gasteiger partial charge in [0.05, 0.1) is 12.0 Å². The first kappa shape index (κ1) is 10.4. The second-order valence-electron chi connectivity index (χ2n) is 4.68. The van der Waals surface area contributed by atoms with E-state index in [1.54, 1.807) is 0 Å². The van der Waals surface area contributed by atoms with Crippen LogP contribution in [0.5, 0.6) is 0 Å². The topological polar surface area (TPSA) is 23.8 Å². The van der Waals surface area contributed by atoms with Crippen LogP contribution in [0.2, 0.25) is 0 Å². The summed E-state index contributed by atoms with van der Waals surface area (Å²) in [6.45, 7) is 0. The third-order valence-electron chi connectivity index (χ3n) is 3.78. The first-order valence-electron chi connectivity index (χ1n) is 5.89. The minimum absolute atomic E-state index is 0.380. The summed E-state index contributed by atoms with van der Waals surface area (Å²) in [4.78, 5) is 0. The third kappa shape index (κ3) is 2.25. The molecule has 2 atom stereocenters. The van der Waals surface area contributed by atoms with Crippen molar-refractivity contribution in [2.45, 2.75) is 38.5 Å². The van der Waals surface area contributed by atoms with E-state index in [9.17, 15) is 5.26 Å². The molecule has 0 bridgehead atoms. The van der Waals surface area contributed by atoms with Crippen molar-refractivity contribution in [3.63, 3.8) is 0 Å². The molecule has 1 aliphatic heterocycles. The summed E-state index contributed by atoms with van der Waals surface area (Å²) in [6.07, 6.45) is 8.05. The molecule has 1 nitrogen and oxygen atoms in total. The van der Waals surface area contributed by atoms with Crippen molar-refractivity contribution in [1.82, 2.24) is 0 Å². The molecule has 0 aromatic carbocycles. The minimum atomic E-state index is 0.380. The van der Waals surface area contributed by atoms with Gasteiger partial charge in [-0.3, -0.25) is 0 Å². The van der Waals surface area contributed by atoms with Crippen molar-refractivity contribution in [1.29, 1.82) is 5.26 Å². The van der Waals surface area contributed by atoms with Crippen LogP contribution in [-0.2, 0) is 0 Å². The van der Waals surface area contributed by atoms with Crippen molar-refractivity contribution in [2.24, 2.45) is 17.8 Å². The number of rotatable bonds is 2. The Labute approximate surface area is 91.3 Å². The molecular weight excluding hydrogens is 190 g/mol. The Morgan fingerprint density at radius 1 is 1.07 bits per heavy atom. The number of nitriles is 1. The molecular formula is C12H19NS. The fourth-order valence-corrected chi connectivity index (χ4v) is 4.24. The predicted molar refractivity (Wildman–Crippen MR) is 61.1 cm³/mol. The summed E-state index contributed by atoms with van der Waals surface area (Å²) in [5.74, 6) is 4.36. The zero-order valence-electron chi connectivity index (χ0n) is 8.74. The van der Waals surface area contributed by atoms with Gasteiger partial charge in [0, 0.05) is 0 Å². The van der Waals surface area contributed by atoms with Gasteiger partial charge in [-0.2, -0.15) is 17.0 Å². The summed E-state index contributed by atoms with van der Waals surface area (Å²) in [7, 11) is 0. The molecule has 2 aliphatic rings. The van der Waals surface area contributed by atoms with Crippen LogP contribution < -0.4 is 0 Å². The standard InChI is InChI=1S/C12H19NS/c13-8-12(11-6-7-14-9-11)10-4-2-1-3-5-10/h10-12H,1-7,9H2. The van der Waals surface area contributed by atoms with Crippen LogP contribution in [0.15, 0.2) is 0 Å². The van der Waals surface area contributed by atoms with Crippen molar-refractivity contribution in [2.75, 3.05) is 11.5 Å². The van der Waals surface area contributed by atoms with Crippen LogP contribution in [-0.4, -0.2) is 11.5 Å². The SMILES string of the molecule is N#CC(C1CCCCC1)C1CCSC1. The normalized spacial score (nSPS) is 31.2. The number of hydrogen-bond acceptors (Lipinski definition) is 2. The number of nitrogens with zero attached hydrogens (tertiary/aromatic N) is 1. The highest BCUT2D eigenvalue weighted by molar-refractivity contribution is 7.99. The molecule has 0 amide bonds. The van der Waals surface area contributed by atoms with Gasteiger partial charge in [0.2, 0.25) is 0 Å². The number of thioether (sulfide) groups is 1. The van der Waals surface area contributed by atoms with Crippen LogP contribution in [0, 0.1) is 29.1 Å². The molecule has 2 heteroatoms. The maximum Gasteiger partial charge on any atom is 0.0661 e. The Hall–Kier alpha value is -0.160. The Bertz CT molecular complexity index is 209. The summed E-state index contributed by atoms with van der Waals surface area (Å²) in [5.41, 5.74) is 0. The molecule has 2 rings (SSSR count). The van der Waals surface area contributed by atoms with Crippen molar-refractivity contribution in [3.05, 3.63) is 0 Å². The monoisotopic (exact) mass is 209 g/mol. The Morgan fingerprint density at radius 2 is 1.86 bits per heavy atom. The second-order valence-corrected chi connectivity index (χ2v) is 5.83. The molecule has 1 saturated carbocycles. The van der Waals surface area contributed by atoms with E-state index >= 15 is 0 Å². The maximum atomic E-state index is 9.28. The van der Waals surface area contributed by atoms with Gasteiger partial charge in [-0.05, 0) is 42.6 Å². The van der Waals surface area contributed by atoms with E-state index in [4.69, 9.17) is 0 Å². The Kier molecular flexibility index (Phi) is 3.75. The molecule has 2 unspecified atom stereocenters. The summed E-state index contributed by atoms with van der Waals surface area (Å²) < 4.78 is 0. The van der Waals surface area contributed by atoms with Gasteiger partial charge in [-0.15, -0.1) is 0 Å². The van der Waals surface area contributed by atoms with Crippen LogP contribution >= 0.6 is 11.8 Å². The fourth-order valence-electron chi connectivity index (χ4n) is 2.92. The lowest BCUT2D eigenvalue weighted by Crippen LogP contribution is -2.24. The molecule has 0 spiro atoms. The van der Waals surface area contributed by atoms with Crippen LogP contribution in [0.3, 0.4) is 0 Å². The highest BCUT2D eigenvalue weighted by Crippen LogP contribution is 2.39. The van der Waals surface area contributed by atoms with Gasteiger partial charge in [-0.1, -0.05) is 19.3 Å². The van der Waals surface area contributed by atoms with Gasteiger partial charge in [0.25, 0.3) is 0 Å². The second kappa shape index (κ2) is 5.07. The van der Waals surface area contributed by atoms with Crippen LogP contribution in [0.25, 0.3) is 0 Å². The largest absolute Gasteiger partial charge is 0.198 e. The smallest absolute Gasteiger partial charge is 0.0661 e. The number of hydrogen-bond donors (Lipinski definition) is 0. The van der Waals surface area contributed by atoms with Gasteiger partial charge >= 0.3 is 0 Å². The molecule has 2 fully saturated rings. The quantitative estimate of drug-likeness (QED) is 0.695. The van der Waals surface area contributed by atoms with E-state index in [-0.39, 0.29) is 0 Å². The van der Waals surface area contributed by atoms with Crippen molar-refractivity contribution < 1.29 is 0 Å². The fraction of sp³-hybridized carbons (Fsp3) is 0.917. The summed E-state index contributed by atoms with van der Waals surface area (Å²) in [5, 5.41) is 9.28. The average Bonchev–Trinajstić information content (AvgIpc) is 2.74. The van der Waals surface area contributed by atoms with E-state index < -0.39 is 0 Å². The van der Waals surface area contributed by atoms with Crippen LogP contribution in [0.4, 0.5) is 0 Å². The molecule has 1 heterocycles. The maximum absolute atomic E-state index is 9.28. The molecule has 78 valence electrons. The molecule has 0 aromatic heterocycles. The summed E-state index contributed by atoms with van der Waals surface area (Å²) in [6, 6.07) is 2.60. The molecule has 0 aromatic rings. The molecule has 0 N–H and O–H groups in total. The van der Waals surface area contributed by atoms with E-state index in [1.807, 2.05) is 11.8 Å². The third-order valence-corrected chi connectivity index (χ3v) is 4.97. The molecule has 0 radical (unpaired) electrons. The van der Waals surface area contributed by atoms with Gasteiger partial charge in [0.15, 0.2) is 0 Å². The zero-order chi connectivity index (χ0) is 9.80. The molecule has 14 heavy (non-hydrogen) atoms. The Morgan fingerprint density at radius 3 is 2.43 bits per heavy atom. The van der Waals surface area contributed by atoms with Gasteiger partial charge < -0.3 is 0 Å². The summed E-state index contributed by atoms with van der Waals surface area (Å²) >= 11 is 2.04. The Balaban J connectivity index is 1.93. The highest BCUT2D eigenvalue weighted by atomic mass is 32.2.